The van der Waals surface area contributed by atoms with Crippen molar-refractivity contribution in [1.82, 2.24) is 0 Å². The Kier molecular flexibility index (Phi) is 13.5. The summed E-state index contributed by atoms with van der Waals surface area (Å²) >= 11 is 0. The van der Waals surface area contributed by atoms with E-state index < -0.39 is 0 Å². The molecule has 0 amide bonds. The molecular weight excluding hydrogens is 801 g/mol. The highest BCUT2D eigenvalue weighted by Gasteiger charge is 2.50. The molecule has 0 saturated carbocycles. The van der Waals surface area contributed by atoms with E-state index >= 15 is 0 Å². The van der Waals surface area contributed by atoms with Gasteiger partial charge in [-0.05, 0) is 97.8 Å². The summed E-state index contributed by atoms with van der Waals surface area (Å²) in [6.07, 6.45) is 27.2. The zero-order valence-electron chi connectivity index (χ0n) is 39.4. The van der Waals surface area contributed by atoms with E-state index in [0.717, 1.165) is 41.0 Å². The fourth-order valence-electron chi connectivity index (χ4n) is 12.2. The highest BCUT2D eigenvalue weighted by molar-refractivity contribution is 5.82. The topological polar surface area (TPSA) is 18.5 Å². The predicted octanol–water partition coefficient (Wildman–Crippen LogP) is 16.1. The average Bonchev–Trinajstić information content (AvgIpc) is 3.36. The van der Waals surface area contributed by atoms with Gasteiger partial charge in [-0.3, -0.25) is 0 Å². The van der Waals surface area contributed by atoms with E-state index in [1.807, 2.05) is 0 Å². The summed E-state index contributed by atoms with van der Waals surface area (Å²) in [7, 11) is 0. The van der Waals surface area contributed by atoms with Gasteiger partial charge in [0.2, 0.25) is 0 Å². The van der Waals surface area contributed by atoms with Crippen LogP contribution < -0.4 is 9.47 Å². The minimum absolute atomic E-state index is 0.0176. The van der Waals surface area contributed by atoms with E-state index in [-0.39, 0.29) is 23.7 Å². The molecule has 0 aromatic heterocycles. The molecule has 6 aromatic rings. The van der Waals surface area contributed by atoms with Crippen molar-refractivity contribution < 1.29 is 9.47 Å². The van der Waals surface area contributed by atoms with E-state index in [2.05, 4.69) is 147 Å². The summed E-state index contributed by atoms with van der Waals surface area (Å²) in [4.78, 5) is 0. The van der Waals surface area contributed by atoms with Crippen molar-refractivity contribution in [2.45, 2.75) is 140 Å². The first kappa shape index (κ1) is 43.9. The highest BCUT2D eigenvalue weighted by Crippen LogP contribution is 2.64. The van der Waals surface area contributed by atoms with Gasteiger partial charge in [-0.1, -0.05) is 219 Å². The van der Waals surface area contributed by atoms with Crippen LogP contribution in [0.4, 0.5) is 0 Å². The third kappa shape index (κ3) is 8.17. The Labute approximate surface area is 395 Å². The molecule has 0 aliphatic heterocycles. The van der Waals surface area contributed by atoms with Crippen LogP contribution in [0, 0.1) is 24.2 Å². The number of ether oxygens (including phenoxy) is 2. The first-order valence-corrected chi connectivity index (χ1v) is 25.7. The summed E-state index contributed by atoms with van der Waals surface area (Å²) in [6.45, 7) is 5.95. The molecule has 0 spiro atoms. The van der Waals surface area contributed by atoms with Gasteiger partial charge >= 0.3 is 0 Å². The normalized spacial score (nSPS) is 17.3. The standard InChI is InChI=1S/C64H66O2/c1-4-7-9-11-13-15-17-27-41-65-45-38-40-56(66-42-28-18-16-14-12-10-8-5-2)44(43-45)37-39-55-63-59-51-33-23-19-29-47(51)57(48-30-20-24-34-52(48)59)61(63)46(6-3)62-58-49-31-21-25-35-53(49)60(64(55)62)54-36-26-22-32-50(54)58/h3,19-26,29-36,38,40,43,57-60H,4-5,7-18,27-28,41-42H2,1-2H3. The van der Waals surface area contributed by atoms with Crippen LogP contribution in [0.25, 0.3) is 0 Å². The SMILES string of the molecule is C#Cc1c2c(c(C#Cc3cc(OCCCCCCCCCC)ccc3OCCCCCCCCCC)c3c1C1c4ccccc4C3c3ccccc31)C1c3ccccc3C2c2ccccc21. The molecule has 0 fully saturated rings. The lowest BCUT2D eigenvalue weighted by atomic mass is 9.53. The second-order valence-electron chi connectivity index (χ2n) is 19.4. The van der Waals surface area contributed by atoms with Gasteiger partial charge in [-0.25, -0.2) is 0 Å². The maximum atomic E-state index is 6.87. The van der Waals surface area contributed by atoms with Crippen LogP contribution in [-0.2, 0) is 0 Å². The van der Waals surface area contributed by atoms with Crippen LogP contribution in [0.1, 0.15) is 224 Å². The minimum atomic E-state index is 0.0176. The largest absolute Gasteiger partial charge is 0.494 e. The molecule has 66 heavy (non-hydrogen) atoms. The maximum absolute atomic E-state index is 6.87. The van der Waals surface area contributed by atoms with Crippen LogP contribution in [0.5, 0.6) is 11.5 Å². The molecule has 0 N–H and O–H groups in total. The molecule has 2 heteroatoms. The Morgan fingerprint density at radius 3 is 1.12 bits per heavy atom. The van der Waals surface area contributed by atoms with Gasteiger partial charge in [0.25, 0.3) is 0 Å². The molecule has 6 aliphatic carbocycles. The molecule has 6 aromatic carbocycles. The van der Waals surface area contributed by atoms with Crippen LogP contribution in [0.2, 0.25) is 0 Å². The van der Waals surface area contributed by atoms with Gasteiger partial charge in [0, 0.05) is 34.8 Å². The van der Waals surface area contributed by atoms with Gasteiger partial charge in [0.15, 0.2) is 0 Å². The predicted molar refractivity (Wildman–Crippen MR) is 273 cm³/mol. The van der Waals surface area contributed by atoms with Crippen LogP contribution in [0.3, 0.4) is 0 Å². The average molecular weight is 867 g/mol. The fourth-order valence-corrected chi connectivity index (χ4v) is 12.2. The van der Waals surface area contributed by atoms with Crippen LogP contribution >= 0.6 is 0 Å². The molecule has 0 saturated heterocycles. The second kappa shape index (κ2) is 20.3. The number of hydrogen-bond acceptors (Lipinski definition) is 2. The maximum Gasteiger partial charge on any atom is 0.135 e. The Morgan fingerprint density at radius 2 is 0.742 bits per heavy atom. The molecular formula is C64H66O2. The molecule has 0 atom stereocenters. The monoisotopic (exact) mass is 867 g/mol. The van der Waals surface area contributed by atoms with Crippen molar-refractivity contribution in [1.29, 1.82) is 0 Å². The molecule has 12 rings (SSSR count). The summed E-state index contributed by atoms with van der Waals surface area (Å²) in [5.41, 5.74) is 19.2. The summed E-state index contributed by atoms with van der Waals surface area (Å²) < 4.78 is 13.2. The smallest absolute Gasteiger partial charge is 0.135 e. The van der Waals surface area contributed by atoms with E-state index in [9.17, 15) is 0 Å². The Bertz CT molecular complexity index is 2580. The van der Waals surface area contributed by atoms with E-state index in [1.165, 1.54) is 157 Å². The van der Waals surface area contributed by atoms with Crippen LogP contribution in [0.15, 0.2) is 115 Å². The summed E-state index contributed by atoms with van der Waals surface area (Å²) in [5, 5.41) is 0. The number of unbranched alkanes of at least 4 members (excludes halogenated alkanes) is 14. The first-order chi connectivity index (χ1) is 32.7. The highest BCUT2D eigenvalue weighted by atomic mass is 16.5. The minimum Gasteiger partial charge on any atom is -0.494 e. The van der Waals surface area contributed by atoms with Crippen molar-refractivity contribution in [3.05, 3.63) is 199 Å². The fraction of sp³-hybridized carbons (Fsp3) is 0.375. The lowest BCUT2D eigenvalue weighted by Crippen LogP contribution is -2.35. The van der Waals surface area contributed by atoms with Crippen molar-refractivity contribution in [3.8, 4) is 35.7 Å². The Hall–Kier alpha value is -5.96. The molecule has 2 nitrogen and oxygen atoms in total. The van der Waals surface area contributed by atoms with Gasteiger partial charge in [-0.2, -0.15) is 0 Å². The number of rotatable bonds is 20. The number of terminal acetylenes is 1. The number of benzene rings is 6. The van der Waals surface area contributed by atoms with Crippen molar-refractivity contribution in [2.75, 3.05) is 13.2 Å². The second-order valence-corrected chi connectivity index (χ2v) is 19.4. The zero-order valence-corrected chi connectivity index (χ0v) is 39.4. The van der Waals surface area contributed by atoms with Crippen LogP contribution in [-0.4, -0.2) is 13.2 Å². The zero-order chi connectivity index (χ0) is 44.8. The van der Waals surface area contributed by atoms with Gasteiger partial charge in [0.05, 0.1) is 18.8 Å². The Morgan fingerprint density at radius 1 is 0.394 bits per heavy atom. The molecule has 334 valence electrons. The molecule has 0 radical (unpaired) electrons. The van der Waals surface area contributed by atoms with Crippen molar-refractivity contribution in [3.63, 3.8) is 0 Å². The van der Waals surface area contributed by atoms with E-state index in [0.29, 0.717) is 13.2 Å². The van der Waals surface area contributed by atoms with E-state index in [1.54, 1.807) is 0 Å². The van der Waals surface area contributed by atoms with Gasteiger partial charge in [-0.15, -0.1) is 6.42 Å². The summed E-state index contributed by atoms with van der Waals surface area (Å²) in [6, 6.07) is 42.7. The molecule has 6 aliphatic rings. The van der Waals surface area contributed by atoms with E-state index in [4.69, 9.17) is 15.9 Å². The van der Waals surface area contributed by atoms with Gasteiger partial charge < -0.3 is 9.47 Å². The van der Waals surface area contributed by atoms with Crippen molar-refractivity contribution >= 4 is 0 Å². The molecule has 0 unspecified atom stereocenters. The Balaban J connectivity index is 1.08. The lowest BCUT2D eigenvalue weighted by molar-refractivity contribution is 0.295. The lowest BCUT2D eigenvalue weighted by Gasteiger charge is -2.48. The van der Waals surface area contributed by atoms with Gasteiger partial charge in [0.1, 0.15) is 11.5 Å². The number of hydrogen-bond donors (Lipinski definition) is 0. The third-order valence-electron chi connectivity index (χ3n) is 15.2. The van der Waals surface area contributed by atoms with Crippen molar-refractivity contribution in [2.24, 2.45) is 0 Å². The molecule has 0 heterocycles. The first-order valence-electron chi connectivity index (χ1n) is 25.7. The summed E-state index contributed by atoms with van der Waals surface area (Å²) in [5.74, 6) is 13.0. The quantitative estimate of drug-likeness (QED) is 0.0561. The molecule has 4 bridgehead atoms. The third-order valence-corrected chi connectivity index (χ3v) is 15.2.